The van der Waals surface area contributed by atoms with Crippen LogP contribution in [0.5, 0.6) is 0 Å². The number of aliphatic carboxylic acids is 1. The molecule has 154 valence electrons. The summed E-state index contributed by atoms with van der Waals surface area (Å²) in [6, 6.07) is 6.81. The van der Waals surface area contributed by atoms with Crippen LogP contribution < -0.4 is 0 Å². The zero-order chi connectivity index (χ0) is 20.4. The number of likely N-dealkylation sites (tertiary alicyclic amines) is 1. The normalized spacial score (nSPS) is 24.7. The van der Waals surface area contributed by atoms with E-state index in [1.807, 2.05) is 4.90 Å². The van der Waals surface area contributed by atoms with Gasteiger partial charge in [-0.2, -0.15) is 0 Å². The van der Waals surface area contributed by atoms with Crippen LogP contribution in [0.2, 0.25) is 0 Å². The number of carboxylic acids is 1. The third-order valence-electron chi connectivity index (χ3n) is 6.40. The highest BCUT2D eigenvalue weighted by atomic mass is 19.3. The molecule has 1 saturated carbocycles. The summed E-state index contributed by atoms with van der Waals surface area (Å²) in [5.41, 5.74) is -1.32. The topological polar surface area (TPSA) is 84.6 Å². The number of benzene rings is 1. The molecule has 0 bridgehead atoms. The summed E-state index contributed by atoms with van der Waals surface area (Å²) in [5.74, 6) is -4.91. The van der Waals surface area contributed by atoms with Gasteiger partial charge in [0.15, 0.2) is 5.60 Å². The summed E-state index contributed by atoms with van der Waals surface area (Å²) in [6.45, 7) is 1.68. The van der Waals surface area contributed by atoms with Crippen molar-refractivity contribution >= 4 is 12.3 Å². The summed E-state index contributed by atoms with van der Waals surface area (Å²) in [7, 11) is 0. The van der Waals surface area contributed by atoms with Gasteiger partial charge in [-0.1, -0.05) is 24.3 Å². The van der Waals surface area contributed by atoms with Gasteiger partial charge in [0, 0.05) is 31.8 Å². The lowest BCUT2D eigenvalue weighted by Gasteiger charge is -2.33. The average Bonchev–Trinajstić information content (AvgIpc) is 3.06. The lowest BCUT2D eigenvalue weighted by molar-refractivity contribution is -0.167. The number of carbonyl (C=O) groups is 1. The number of nitrogens with one attached hydrogen (secondary N) is 1. The highest BCUT2D eigenvalue weighted by molar-refractivity contribution is 5.80. The maximum Gasteiger partial charge on any atom is 0.340 e. The fourth-order valence-electron chi connectivity index (χ4n) is 4.66. The summed E-state index contributed by atoms with van der Waals surface area (Å²) in [4.78, 5) is 14.0. The number of alkyl halides is 2. The van der Waals surface area contributed by atoms with Crippen LogP contribution >= 0.6 is 0 Å². The standard InChI is InChI=1S/C21H28F2N2O3/c22-20(23)10-7-17(13-20)21(28,19(26)27)18-4-2-1-3-16(18)6-5-15-8-11-25(14-24)12-9-15/h1-4,14-15,17,24,28H,5-13H2,(H,26,27)/t17-,21-/m1/s1. The minimum absolute atomic E-state index is 0.00772. The van der Waals surface area contributed by atoms with E-state index in [0.717, 1.165) is 37.9 Å². The molecular formula is C21H28F2N2O3. The predicted octanol–water partition coefficient (Wildman–Crippen LogP) is 3.65. The third kappa shape index (κ3) is 4.19. The van der Waals surface area contributed by atoms with Crippen molar-refractivity contribution in [2.75, 3.05) is 13.1 Å². The first-order chi connectivity index (χ1) is 13.3. The lowest BCUT2D eigenvalue weighted by Crippen LogP contribution is -2.43. The zero-order valence-electron chi connectivity index (χ0n) is 15.9. The molecule has 0 aromatic heterocycles. The fraction of sp³-hybridized carbons (Fsp3) is 0.619. The first kappa shape index (κ1) is 20.7. The minimum atomic E-state index is -2.92. The Bertz CT molecular complexity index is 719. The Kier molecular flexibility index (Phi) is 6.03. The second-order valence-electron chi connectivity index (χ2n) is 8.17. The van der Waals surface area contributed by atoms with Gasteiger partial charge in [0.05, 0.1) is 6.34 Å². The SMILES string of the molecule is N=CN1CCC(CCc2ccccc2[C@@](O)(C(=O)O)[C@@H]2CCC(F)(F)C2)CC1. The van der Waals surface area contributed by atoms with E-state index >= 15 is 0 Å². The van der Waals surface area contributed by atoms with E-state index in [-0.39, 0.29) is 18.4 Å². The van der Waals surface area contributed by atoms with Crippen LogP contribution in [0.25, 0.3) is 0 Å². The molecule has 28 heavy (non-hydrogen) atoms. The summed E-state index contributed by atoms with van der Waals surface area (Å²) >= 11 is 0. The molecule has 2 atom stereocenters. The van der Waals surface area contributed by atoms with E-state index in [4.69, 9.17) is 5.41 Å². The molecule has 1 saturated heterocycles. The molecule has 1 aromatic carbocycles. The van der Waals surface area contributed by atoms with Gasteiger partial charge in [0.2, 0.25) is 5.92 Å². The monoisotopic (exact) mass is 394 g/mol. The van der Waals surface area contributed by atoms with Crippen LogP contribution in [0.3, 0.4) is 0 Å². The molecule has 0 unspecified atom stereocenters. The number of carboxylic acid groups (broad SMARTS) is 1. The largest absolute Gasteiger partial charge is 0.479 e. The fourth-order valence-corrected chi connectivity index (χ4v) is 4.66. The van der Waals surface area contributed by atoms with Gasteiger partial charge in [-0.05, 0) is 49.1 Å². The van der Waals surface area contributed by atoms with Gasteiger partial charge in [-0.3, -0.25) is 5.41 Å². The quantitative estimate of drug-likeness (QED) is 0.487. The second-order valence-corrected chi connectivity index (χ2v) is 8.17. The molecule has 1 aromatic rings. The van der Waals surface area contributed by atoms with E-state index in [1.54, 1.807) is 24.3 Å². The summed E-state index contributed by atoms with van der Waals surface area (Å²) in [5, 5.41) is 28.2. The van der Waals surface area contributed by atoms with Crippen molar-refractivity contribution in [2.24, 2.45) is 11.8 Å². The van der Waals surface area contributed by atoms with E-state index in [9.17, 15) is 23.8 Å². The molecule has 1 aliphatic heterocycles. The van der Waals surface area contributed by atoms with Crippen molar-refractivity contribution in [3.8, 4) is 0 Å². The van der Waals surface area contributed by atoms with Crippen molar-refractivity contribution in [2.45, 2.75) is 56.5 Å². The molecule has 1 aliphatic carbocycles. The van der Waals surface area contributed by atoms with Crippen LogP contribution in [0, 0.1) is 17.2 Å². The highest BCUT2D eigenvalue weighted by Crippen LogP contribution is 2.48. The predicted molar refractivity (Wildman–Crippen MR) is 102 cm³/mol. The molecule has 0 amide bonds. The van der Waals surface area contributed by atoms with Crippen molar-refractivity contribution in [1.29, 1.82) is 5.41 Å². The number of halogens is 2. The molecule has 2 fully saturated rings. The van der Waals surface area contributed by atoms with E-state index in [2.05, 4.69) is 0 Å². The van der Waals surface area contributed by atoms with Gasteiger partial charge in [0.25, 0.3) is 0 Å². The van der Waals surface area contributed by atoms with Crippen molar-refractivity contribution in [3.05, 3.63) is 35.4 Å². The molecule has 3 rings (SSSR count). The zero-order valence-corrected chi connectivity index (χ0v) is 15.9. The van der Waals surface area contributed by atoms with E-state index in [0.29, 0.717) is 12.3 Å². The number of rotatable bonds is 7. The Hall–Kier alpha value is -2.02. The molecule has 3 N–H and O–H groups in total. The van der Waals surface area contributed by atoms with Gasteiger partial charge in [-0.25, -0.2) is 13.6 Å². The Labute approximate surface area is 163 Å². The van der Waals surface area contributed by atoms with E-state index < -0.39 is 29.8 Å². The summed E-state index contributed by atoms with van der Waals surface area (Å²) < 4.78 is 27.5. The smallest absolute Gasteiger partial charge is 0.340 e. The molecule has 2 aliphatic rings. The van der Waals surface area contributed by atoms with Crippen molar-refractivity contribution in [1.82, 2.24) is 4.90 Å². The van der Waals surface area contributed by atoms with Crippen LogP contribution in [-0.4, -0.2) is 46.4 Å². The molecule has 1 heterocycles. The number of piperidine rings is 1. The first-order valence-electron chi connectivity index (χ1n) is 9.93. The second kappa shape index (κ2) is 8.15. The lowest BCUT2D eigenvalue weighted by atomic mass is 9.77. The Morgan fingerprint density at radius 1 is 1.29 bits per heavy atom. The first-order valence-corrected chi connectivity index (χ1v) is 9.93. The Morgan fingerprint density at radius 3 is 2.54 bits per heavy atom. The highest BCUT2D eigenvalue weighted by Gasteiger charge is 2.54. The van der Waals surface area contributed by atoms with Crippen molar-refractivity contribution in [3.63, 3.8) is 0 Å². The maximum atomic E-state index is 13.7. The van der Waals surface area contributed by atoms with Crippen LogP contribution in [0.15, 0.2) is 24.3 Å². The van der Waals surface area contributed by atoms with E-state index in [1.165, 1.54) is 6.34 Å². The van der Waals surface area contributed by atoms with Gasteiger partial charge < -0.3 is 15.1 Å². The molecular weight excluding hydrogens is 366 g/mol. The van der Waals surface area contributed by atoms with Gasteiger partial charge in [-0.15, -0.1) is 0 Å². The Balaban J connectivity index is 1.78. The third-order valence-corrected chi connectivity index (χ3v) is 6.40. The van der Waals surface area contributed by atoms with Crippen molar-refractivity contribution < 1.29 is 23.8 Å². The number of aliphatic hydroxyl groups is 1. The van der Waals surface area contributed by atoms with Gasteiger partial charge in [0.1, 0.15) is 0 Å². The van der Waals surface area contributed by atoms with Gasteiger partial charge >= 0.3 is 5.97 Å². The summed E-state index contributed by atoms with van der Waals surface area (Å²) in [6.07, 6.45) is 3.74. The van der Waals surface area contributed by atoms with Crippen LogP contribution in [0.4, 0.5) is 8.78 Å². The number of hydrogen-bond donors (Lipinski definition) is 3. The number of aryl methyl sites for hydroxylation is 1. The average molecular weight is 394 g/mol. The molecule has 0 spiro atoms. The Morgan fingerprint density at radius 2 is 1.96 bits per heavy atom. The molecule has 7 heteroatoms. The maximum absolute atomic E-state index is 13.7. The minimum Gasteiger partial charge on any atom is -0.479 e. The number of hydrogen-bond acceptors (Lipinski definition) is 3. The molecule has 0 radical (unpaired) electrons. The number of nitrogens with zero attached hydrogens (tertiary/aromatic N) is 1. The molecule has 5 nitrogen and oxygen atoms in total. The van der Waals surface area contributed by atoms with Crippen LogP contribution in [0.1, 0.15) is 49.7 Å². The van der Waals surface area contributed by atoms with Crippen LogP contribution in [-0.2, 0) is 16.8 Å².